The molecule has 0 aliphatic rings. The molecule has 0 saturated carbocycles. The largest absolute Gasteiger partial charge is 0.461 e. The molecule has 154 valence electrons. The molecule has 1 amide bonds. The number of fused-ring (bicyclic) bond motifs is 1. The molecule has 0 bridgehead atoms. The number of alkyl carbamates (subject to hydrolysis) is 1. The SMILES string of the molecule is CC(C)(C)OC(=O)NCCCc1nc2nc(N)[nH+]c(OCc3ccccc3)c2[nH]1. The molecular formula is C20H27N6O3+. The van der Waals surface area contributed by atoms with Gasteiger partial charge in [-0.05, 0) is 37.7 Å². The molecule has 0 saturated heterocycles. The van der Waals surface area contributed by atoms with E-state index >= 15 is 0 Å². The third-order valence-electron chi connectivity index (χ3n) is 3.91. The molecule has 3 rings (SSSR count). The smallest absolute Gasteiger partial charge is 0.407 e. The first-order valence-corrected chi connectivity index (χ1v) is 9.51. The maximum atomic E-state index is 11.7. The molecule has 0 atom stereocenters. The Morgan fingerprint density at radius 2 is 2.00 bits per heavy atom. The van der Waals surface area contributed by atoms with Gasteiger partial charge in [0.2, 0.25) is 0 Å². The fourth-order valence-corrected chi connectivity index (χ4v) is 2.69. The molecule has 0 aliphatic carbocycles. The molecule has 29 heavy (non-hydrogen) atoms. The van der Waals surface area contributed by atoms with Crippen molar-refractivity contribution in [3.05, 3.63) is 41.7 Å². The molecule has 2 aromatic heterocycles. The lowest BCUT2D eigenvalue weighted by atomic mass is 10.2. The van der Waals surface area contributed by atoms with Gasteiger partial charge in [-0.2, -0.15) is 4.98 Å². The van der Waals surface area contributed by atoms with Gasteiger partial charge in [0.25, 0.3) is 11.5 Å². The van der Waals surface area contributed by atoms with Crippen molar-refractivity contribution in [3.8, 4) is 5.88 Å². The maximum Gasteiger partial charge on any atom is 0.407 e. The number of anilines is 1. The summed E-state index contributed by atoms with van der Waals surface area (Å²) in [4.78, 5) is 26.5. The van der Waals surface area contributed by atoms with E-state index in [0.717, 1.165) is 11.4 Å². The van der Waals surface area contributed by atoms with Crippen LogP contribution in [0.2, 0.25) is 0 Å². The Morgan fingerprint density at radius 1 is 1.24 bits per heavy atom. The molecule has 1 aromatic carbocycles. The number of ether oxygens (including phenoxy) is 2. The summed E-state index contributed by atoms with van der Waals surface area (Å²) >= 11 is 0. The number of carbonyl (C=O) groups excluding carboxylic acids is 1. The van der Waals surface area contributed by atoms with Crippen molar-refractivity contribution in [1.29, 1.82) is 0 Å². The first-order valence-electron chi connectivity index (χ1n) is 9.51. The Kier molecular flexibility index (Phi) is 6.16. The Labute approximate surface area is 169 Å². The van der Waals surface area contributed by atoms with Gasteiger partial charge in [-0.15, -0.1) is 0 Å². The number of carbonyl (C=O) groups is 1. The van der Waals surface area contributed by atoms with Crippen LogP contribution in [0.15, 0.2) is 30.3 Å². The average Bonchev–Trinajstić information content (AvgIpc) is 3.05. The number of aromatic amines is 2. The number of hydrogen-bond donors (Lipinski definition) is 3. The summed E-state index contributed by atoms with van der Waals surface area (Å²) in [6.45, 7) is 6.35. The van der Waals surface area contributed by atoms with Crippen LogP contribution < -0.4 is 20.8 Å². The molecule has 9 nitrogen and oxygen atoms in total. The summed E-state index contributed by atoms with van der Waals surface area (Å²) in [5.41, 5.74) is 7.52. The Morgan fingerprint density at radius 3 is 2.72 bits per heavy atom. The van der Waals surface area contributed by atoms with E-state index in [9.17, 15) is 4.79 Å². The summed E-state index contributed by atoms with van der Waals surface area (Å²) in [6, 6.07) is 9.84. The van der Waals surface area contributed by atoms with Crippen LogP contribution in [0.25, 0.3) is 11.2 Å². The number of aryl methyl sites for hydroxylation is 1. The van der Waals surface area contributed by atoms with E-state index in [1.165, 1.54) is 0 Å². The molecule has 0 radical (unpaired) electrons. The summed E-state index contributed by atoms with van der Waals surface area (Å²) < 4.78 is 11.1. The number of nitrogens with two attached hydrogens (primary N) is 1. The van der Waals surface area contributed by atoms with E-state index < -0.39 is 11.7 Å². The fourth-order valence-electron chi connectivity index (χ4n) is 2.69. The first kappa shape index (κ1) is 20.4. The second-order valence-corrected chi connectivity index (χ2v) is 7.64. The van der Waals surface area contributed by atoms with E-state index in [1.807, 2.05) is 51.1 Å². The molecule has 3 aromatic rings. The highest BCUT2D eigenvalue weighted by atomic mass is 16.6. The monoisotopic (exact) mass is 399 g/mol. The minimum Gasteiger partial charge on any atom is -0.461 e. The minimum absolute atomic E-state index is 0.227. The number of nitrogen functional groups attached to an aromatic ring is 1. The third-order valence-corrected chi connectivity index (χ3v) is 3.91. The van der Waals surface area contributed by atoms with E-state index in [4.69, 9.17) is 15.2 Å². The number of benzene rings is 1. The quantitative estimate of drug-likeness (QED) is 0.523. The van der Waals surface area contributed by atoms with Crippen LogP contribution in [0.5, 0.6) is 5.88 Å². The molecule has 2 heterocycles. The van der Waals surface area contributed by atoms with Crippen molar-refractivity contribution in [1.82, 2.24) is 20.3 Å². The normalized spacial score (nSPS) is 11.4. The van der Waals surface area contributed by atoms with Gasteiger partial charge < -0.3 is 19.8 Å². The lowest BCUT2D eigenvalue weighted by molar-refractivity contribution is -0.380. The van der Waals surface area contributed by atoms with Crippen LogP contribution in [-0.2, 0) is 17.8 Å². The van der Waals surface area contributed by atoms with Gasteiger partial charge in [0.15, 0.2) is 5.52 Å². The van der Waals surface area contributed by atoms with E-state index in [1.54, 1.807) is 0 Å². The lowest BCUT2D eigenvalue weighted by Gasteiger charge is -2.19. The molecule has 0 aliphatic heterocycles. The molecule has 0 spiro atoms. The number of imidazole rings is 1. The predicted octanol–water partition coefficient (Wildman–Crippen LogP) is 2.39. The van der Waals surface area contributed by atoms with Gasteiger partial charge in [0.1, 0.15) is 18.0 Å². The van der Waals surface area contributed by atoms with Crippen LogP contribution >= 0.6 is 0 Å². The molecule has 0 unspecified atom stereocenters. The Balaban J connectivity index is 1.60. The number of rotatable bonds is 7. The van der Waals surface area contributed by atoms with Crippen molar-refractivity contribution in [2.75, 3.05) is 12.3 Å². The van der Waals surface area contributed by atoms with E-state index in [0.29, 0.717) is 43.0 Å². The second-order valence-electron chi connectivity index (χ2n) is 7.64. The van der Waals surface area contributed by atoms with Crippen molar-refractivity contribution >= 4 is 23.2 Å². The number of amides is 1. The van der Waals surface area contributed by atoms with Gasteiger partial charge in [0, 0.05) is 13.0 Å². The topological polar surface area (TPSA) is 129 Å². The van der Waals surface area contributed by atoms with Crippen molar-refractivity contribution in [2.24, 2.45) is 0 Å². The lowest BCUT2D eigenvalue weighted by Crippen LogP contribution is -2.33. The summed E-state index contributed by atoms with van der Waals surface area (Å²) in [5, 5.41) is 2.73. The number of H-pyrrole nitrogens is 2. The Hall–Kier alpha value is -3.36. The van der Waals surface area contributed by atoms with Gasteiger partial charge in [-0.3, -0.25) is 5.73 Å². The zero-order valence-electron chi connectivity index (χ0n) is 16.9. The first-order chi connectivity index (χ1) is 13.8. The van der Waals surface area contributed by atoms with Gasteiger partial charge >= 0.3 is 12.0 Å². The fraction of sp³-hybridized carbons (Fsp3) is 0.400. The summed E-state index contributed by atoms with van der Waals surface area (Å²) in [5.74, 6) is 1.45. The molecule has 5 N–H and O–H groups in total. The summed E-state index contributed by atoms with van der Waals surface area (Å²) in [7, 11) is 0. The zero-order valence-corrected chi connectivity index (χ0v) is 16.9. The van der Waals surface area contributed by atoms with E-state index in [2.05, 4.69) is 25.3 Å². The Bertz CT molecular complexity index is 966. The maximum absolute atomic E-state index is 11.7. The van der Waals surface area contributed by atoms with Crippen LogP contribution in [-0.4, -0.2) is 33.2 Å². The van der Waals surface area contributed by atoms with Gasteiger partial charge in [-0.25, -0.2) is 9.78 Å². The highest BCUT2D eigenvalue weighted by molar-refractivity contribution is 5.75. The highest BCUT2D eigenvalue weighted by Crippen LogP contribution is 2.19. The van der Waals surface area contributed by atoms with E-state index in [-0.39, 0.29) is 5.95 Å². The number of nitrogens with zero attached hydrogens (tertiary/aromatic N) is 2. The number of nitrogens with one attached hydrogen (secondary N) is 3. The minimum atomic E-state index is -0.513. The highest BCUT2D eigenvalue weighted by Gasteiger charge is 2.18. The van der Waals surface area contributed by atoms with Gasteiger partial charge in [0.05, 0.1) is 0 Å². The van der Waals surface area contributed by atoms with Crippen LogP contribution in [0.4, 0.5) is 10.7 Å². The molecule has 0 fully saturated rings. The van der Waals surface area contributed by atoms with Crippen LogP contribution in [0, 0.1) is 0 Å². The molecule has 9 heteroatoms. The third kappa shape index (κ3) is 6.06. The standard InChI is InChI=1S/C20H26N6O3/c1-20(2,3)29-19(27)22-11-7-10-14-23-15-16(24-14)25-18(21)26-17(15)28-12-13-8-5-4-6-9-13/h4-6,8-9H,7,10-12H2,1-3H3,(H,22,27)(H3,21,23,24,25,26)/p+1. The zero-order chi connectivity index (χ0) is 20.9. The number of aromatic nitrogens is 4. The van der Waals surface area contributed by atoms with Gasteiger partial charge in [-0.1, -0.05) is 30.3 Å². The predicted molar refractivity (Wildman–Crippen MR) is 108 cm³/mol. The van der Waals surface area contributed by atoms with Crippen molar-refractivity contribution in [2.45, 2.75) is 45.8 Å². The van der Waals surface area contributed by atoms with Crippen molar-refractivity contribution < 1.29 is 19.3 Å². The van der Waals surface area contributed by atoms with Crippen LogP contribution in [0.1, 0.15) is 38.6 Å². The average molecular weight is 399 g/mol. The second kappa shape index (κ2) is 8.76. The van der Waals surface area contributed by atoms with Crippen molar-refractivity contribution in [3.63, 3.8) is 0 Å². The molecular weight excluding hydrogens is 372 g/mol. The number of hydrogen-bond acceptors (Lipinski definition) is 6. The summed E-state index contributed by atoms with van der Waals surface area (Å²) in [6.07, 6.45) is 0.894. The van der Waals surface area contributed by atoms with Crippen LogP contribution in [0.3, 0.4) is 0 Å².